The molecule has 0 spiro atoms. The van der Waals surface area contributed by atoms with Crippen LogP contribution in [0.3, 0.4) is 0 Å². The van der Waals surface area contributed by atoms with Crippen LogP contribution in [0, 0.1) is 0 Å². The number of hydrogen-bond donors (Lipinski definition) is 0. The van der Waals surface area contributed by atoms with Crippen LogP contribution in [-0.4, -0.2) is 0 Å². The van der Waals surface area contributed by atoms with Crippen molar-refractivity contribution in [2.75, 3.05) is 0 Å². The maximum atomic E-state index is 10.3. The zero-order valence-electron chi connectivity index (χ0n) is 21.5. The molecule has 0 aromatic heterocycles. The van der Waals surface area contributed by atoms with Crippen molar-refractivity contribution >= 4 is 0 Å². The zero-order valence-corrected chi connectivity index (χ0v) is 25.9. The summed E-state index contributed by atoms with van der Waals surface area (Å²) in [6.07, 6.45) is 0. The van der Waals surface area contributed by atoms with Gasteiger partial charge in [-0.2, -0.15) is 0 Å². The Morgan fingerprint density at radius 1 is 0.190 bits per heavy atom. The quantitative estimate of drug-likeness (QED) is 0.180. The second-order valence-electron chi connectivity index (χ2n) is 7.23. The first-order valence-electron chi connectivity index (χ1n) is 11.2. The predicted octanol–water partition coefficient (Wildman–Crippen LogP) is -0.836. The Labute approximate surface area is 273 Å². The maximum Gasteiger partial charge on any atom is 5.00 e. The average Bonchev–Trinajstić information content (AvgIpc) is 2.94. The molecule has 0 fully saturated rings. The van der Waals surface area contributed by atoms with E-state index in [0.717, 1.165) is 0 Å². The molecule has 210 valence electrons. The Morgan fingerprint density at radius 2 is 0.262 bits per heavy atom. The summed E-state index contributed by atoms with van der Waals surface area (Å²) in [4.78, 5) is 0. The van der Waals surface area contributed by atoms with Gasteiger partial charge in [0.1, 0.15) is 0 Å². The Morgan fingerprint density at radius 3 is 0.310 bits per heavy atom. The van der Waals surface area contributed by atoms with E-state index in [-0.39, 0.29) is 44.8 Å². The minimum absolute atomic E-state index is 0. The summed E-state index contributed by atoms with van der Waals surface area (Å²) in [5.41, 5.74) is 0. The number of hydrogen-bond acceptors (Lipinski definition) is 10. The zero-order chi connectivity index (χ0) is 29.9. The molecule has 42 heavy (non-hydrogen) atoms. The van der Waals surface area contributed by atoms with Crippen LogP contribution in [0.5, 0.6) is 57.5 Å². The van der Waals surface area contributed by atoms with E-state index in [1.807, 2.05) is 0 Å². The van der Waals surface area contributed by atoms with Gasteiger partial charge in [-0.1, -0.05) is 121 Å². The van der Waals surface area contributed by atoms with Crippen molar-refractivity contribution in [3.8, 4) is 57.5 Å². The van der Waals surface area contributed by atoms with E-state index in [1.54, 1.807) is 60.7 Å². The fourth-order valence-electron chi connectivity index (χ4n) is 2.25. The Kier molecular flexibility index (Phi) is 21.1. The number of para-hydroxylation sites is 10. The molecule has 0 heterocycles. The van der Waals surface area contributed by atoms with Gasteiger partial charge < -0.3 is 51.1 Å². The summed E-state index contributed by atoms with van der Waals surface area (Å²) in [5, 5.41) is 103. The molecular weight excluding hydrogens is 706 g/mol. The molecule has 10 nitrogen and oxygen atoms in total. The molecule has 5 aromatic rings. The molecule has 0 N–H and O–H groups in total. The van der Waals surface area contributed by atoms with Crippen LogP contribution in [0.4, 0.5) is 0 Å². The fraction of sp³-hybridized carbons (Fsp3) is 0. The van der Waals surface area contributed by atoms with Gasteiger partial charge in [0.15, 0.2) is 0 Å². The van der Waals surface area contributed by atoms with Gasteiger partial charge in [0, 0.05) is 0 Å². The molecule has 0 radical (unpaired) electrons. The molecule has 0 atom stereocenters. The van der Waals surface area contributed by atoms with E-state index in [4.69, 9.17) is 0 Å². The van der Waals surface area contributed by atoms with Crippen LogP contribution < -0.4 is 51.1 Å². The predicted molar refractivity (Wildman–Crippen MR) is 127 cm³/mol. The molecule has 0 aliphatic rings. The summed E-state index contributed by atoms with van der Waals surface area (Å²) in [6.45, 7) is 0. The third-order valence-corrected chi connectivity index (χ3v) is 4.25. The van der Waals surface area contributed by atoms with E-state index < -0.39 is 57.5 Å². The maximum absolute atomic E-state index is 10.3. The largest absolute Gasteiger partial charge is 5.00 e. The summed E-state index contributed by atoms with van der Waals surface area (Å²) < 4.78 is 0. The molecular formula is C30H20Nb2O10. The second kappa shape index (κ2) is 22.3. The first-order valence-corrected chi connectivity index (χ1v) is 11.2. The van der Waals surface area contributed by atoms with Gasteiger partial charge in [-0.05, 0) is 0 Å². The fourth-order valence-corrected chi connectivity index (χ4v) is 2.25. The minimum atomic E-state index is -0.437. The van der Waals surface area contributed by atoms with E-state index in [1.165, 1.54) is 60.7 Å². The van der Waals surface area contributed by atoms with Crippen LogP contribution in [0.15, 0.2) is 121 Å². The molecule has 0 amide bonds. The molecule has 0 unspecified atom stereocenters. The molecule has 0 saturated heterocycles. The molecule has 0 saturated carbocycles. The van der Waals surface area contributed by atoms with Crippen LogP contribution >= 0.6 is 0 Å². The van der Waals surface area contributed by atoms with Crippen molar-refractivity contribution in [3.63, 3.8) is 0 Å². The van der Waals surface area contributed by atoms with Gasteiger partial charge in [-0.25, -0.2) is 0 Å². The van der Waals surface area contributed by atoms with Crippen LogP contribution in [0.1, 0.15) is 0 Å². The van der Waals surface area contributed by atoms with Gasteiger partial charge in [-0.15, -0.1) is 57.5 Å². The summed E-state index contributed by atoms with van der Waals surface area (Å²) in [5.74, 6) is -4.37. The summed E-state index contributed by atoms with van der Waals surface area (Å²) in [6, 6.07) is 28.0. The van der Waals surface area contributed by atoms with Crippen molar-refractivity contribution in [2.24, 2.45) is 0 Å². The molecule has 12 heteroatoms. The van der Waals surface area contributed by atoms with Crippen LogP contribution in [0.2, 0.25) is 0 Å². The van der Waals surface area contributed by atoms with Gasteiger partial charge in [-0.3, -0.25) is 0 Å². The average molecular weight is 726 g/mol. The van der Waals surface area contributed by atoms with Gasteiger partial charge in [0.25, 0.3) is 0 Å². The smallest absolute Gasteiger partial charge is 0.873 e. The van der Waals surface area contributed by atoms with Crippen molar-refractivity contribution in [3.05, 3.63) is 121 Å². The normalized spacial score (nSPS) is 8.57. The molecule has 0 aliphatic carbocycles. The topological polar surface area (TPSA) is 231 Å². The van der Waals surface area contributed by atoms with Crippen molar-refractivity contribution in [2.45, 2.75) is 0 Å². The van der Waals surface area contributed by atoms with Crippen LogP contribution in [0.25, 0.3) is 0 Å². The standard InChI is InChI=1S/5C6H6O2.2Nb/c5*7-5-3-1-2-4-6(5)8;;/h5*1-4,7-8H;;/q;;;;;2*+5/p-10. The van der Waals surface area contributed by atoms with E-state index in [0.29, 0.717) is 0 Å². The molecule has 0 aliphatic heterocycles. The third kappa shape index (κ3) is 16.6. The summed E-state index contributed by atoms with van der Waals surface area (Å²) in [7, 11) is 0. The van der Waals surface area contributed by atoms with Gasteiger partial charge >= 0.3 is 44.8 Å². The van der Waals surface area contributed by atoms with Crippen LogP contribution in [-0.2, 0) is 44.8 Å². The van der Waals surface area contributed by atoms with E-state index in [2.05, 4.69) is 0 Å². The molecule has 0 bridgehead atoms. The Balaban J connectivity index is 0. The van der Waals surface area contributed by atoms with Crippen molar-refractivity contribution in [1.29, 1.82) is 0 Å². The first-order chi connectivity index (χ1) is 19.0. The third-order valence-electron chi connectivity index (χ3n) is 4.25. The SMILES string of the molecule is [Nb+5].[Nb+5].[O-]c1ccccc1[O-].[O-]c1ccccc1[O-].[O-]c1ccccc1[O-].[O-]c1ccccc1[O-].[O-]c1ccccc1[O-]. The minimum Gasteiger partial charge on any atom is -0.873 e. The van der Waals surface area contributed by atoms with Crippen molar-refractivity contribution in [1.82, 2.24) is 0 Å². The second-order valence-corrected chi connectivity index (χ2v) is 7.23. The number of rotatable bonds is 0. The van der Waals surface area contributed by atoms with E-state index in [9.17, 15) is 51.1 Å². The number of benzene rings is 5. The summed E-state index contributed by atoms with van der Waals surface area (Å²) >= 11 is 0. The van der Waals surface area contributed by atoms with Crippen molar-refractivity contribution < 1.29 is 95.8 Å². The first kappa shape index (κ1) is 39.7. The Bertz CT molecular complexity index is 1080. The molecule has 5 aromatic carbocycles. The Hall–Kier alpha value is -4.42. The van der Waals surface area contributed by atoms with E-state index >= 15 is 0 Å². The van der Waals surface area contributed by atoms with Gasteiger partial charge in [0.05, 0.1) is 0 Å². The van der Waals surface area contributed by atoms with Gasteiger partial charge in [0.2, 0.25) is 0 Å². The molecule has 5 rings (SSSR count). The monoisotopic (exact) mass is 726 g/mol.